The van der Waals surface area contributed by atoms with Gasteiger partial charge in [0.25, 0.3) is 0 Å². The zero-order chi connectivity index (χ0) is 12.1. The molecule has 0 bridgehead atoms. The SMILES string of the molecule is CC(=O)Nc1ccc(CNCCC2CC2)cc1. The van der Waals surface area contributed by atoms with Crippen molar-refractivity contribution in [1.29, 1.82) is 0 Å². The van der Waals surface area contributed by atoms with E-state index in [1.807, 2.05) is 12.1 Å². The number of rotatable bonds is 6. The maximum atomic E-state index is 10.9. The van der Waals surface area contributed by atoms with Crippen molar-refractivity contribution in [2.45, 2.75) is 32.7 Å². The molecular weight excluding hydrogens is 212 g/mol. The fourth-order valence-electron chi connectivity index (χ4n) is 1.85. The zero-order valence-corrected chi connectivity index (χ0v) is 10.3. The molecule has 0 spiro atoms. The van der Waals surface area contributed by atoms with Gasteiger partial charge in [-0.25, -0.2) is 0 Å². The number of hydrogen-bond donors (Lipinski definition) is 2. The molecule has 0 saturated heterocycles. The van der Waals surface area contributed by atoms with Crippen molar-refractivity contribution in [1.82, 2.24) is 5.32 Å². The molecule has 1 saturated carbocycles. The molecule has 2 rings (SSSR count). The van der Waals surface area contributed by atoms with E-state index >= 15 is 0 Å². The lowest BCUT2D eigenvalue weighted by Gasteiger charge is -2.06. The molecule has 1 amide bonds. The first-order chi connectivity index (χ1) is 8.24. The summed E-state index contributed by atoms with van der Waals surface area (Å²) in [5.74, 6) is 0.963. The van der Waals surface area contributed by atoms with Crippen LogP contribution in [-0.4, -0.2) is 12.5 Å². The minimum absolute atomic E-state index is 0.0275. The third kappa shape index (κ3) is 4.57. The van der Waals surface area contributed by atoms with Crippen molar-refractivity contribution in [2.75, 3.05) is 11.9 Å². The molecule has 3 heteroatoms. The molecule has 2 N–H and O–H groups in total. The number of carbonyl (C=O) groups excluding carboxylic acids is 1. The molecule has 1 aliphatic carbocycles. The standard InChI is InChI=1S/C14H20N2O/c1-11(17)16-14-6-4-13(5-7-14)10-15-9-8-12-2-3-12/h4-7,12,15H,2-3,8-10H2,1H3,(H,16,17). The molecule has 92 valence electrons. The second-order valence-electron chi connectivity index (χ2n) is 4.79. The highest BCUT2D eigenvalue weighted by Crippen LogP contribution is 2.31. The van der Waals surface area contributed by atoms with Crippen LogP contribution in [0.4, 0.5) is 5.69 Å². The predicted octanol–water partition coefficient (Wildman–Crippen LogP) is 2.53. The highest BCUT2D eigenvalue weighted by Gasteiger charge is 2.19. The van der Waals surface area contributed by atoms with Crippen LogP contribution >= 0.6 is 0 Å². The Morgan fingerprint density at radius 2 is 2.00 bits per heavy atom. The smallest absolute Gasteiger partial charge is 0.221 e. The Morgan fingerprint density at radius 3 is 2.59 bits per heavy atom. The molecular formula is C14H20N2O. The van der Waals surface area contributed by atoms with E-state index < -0.39 is 0 Å². The number of hydrogen-bond acceptors (Lipinski definition) is 2. The summed E-state index contributed by atoms with van der Waals surface area (Å²) in [5.41, 5.74) is 2.12. The average molecular weight is 232 g/mol. The molecule has 1 aromatic carbocycles. The zero-order valence-electron chi connectivity index (χ0n) is 10.3. The van der Waals surface area contributed by atoms with Crippen LogP contribution < -0.4 is 10.6 Å². The van der Waals surface area contributed by atoms with Gasteiger partial charge in [-0.05, 0) is 36.6 Å². The summed E-state index contributed by atoms with van der Waals surface area (Å²) in [4.78, 5) is 10.9. The Labute approximate surface area is 103 Å². The summed E-state index contributed by atoms with van der Waals surface area (Å²) < 4.78 is 0. The minimum Gasteiger partial charge on any atom is -0.326 e. The van der Waals surface area contributed by atoms with Gasteiger partial charge in [0.1, 0.15) is 0 Å². The van der Waals surface area contributed by atoms with Crippen molar-refractivity contribution in [3.63, 3.8) is 0 Å². The van der Waals surface area contributed by atoms with Crippen LogP contribution in [0.25, 0.3) is 0 Å². The molecule has 1 fully saturated rings. The highest BCUT2D eigenvalue weighted by atomic mass is 16.1. The first kappa shape index (κ1) is 12.1. The lowest BCUT2D eigenvalue weighted by Crippen LogP contribution is -2.15. The maximum absolute atomic E-state index is 10.9. The quantitative estimate of drug-likeness (QED) is 0.740. The van der Waals surface area contributed by atoms with E-state index in [9.17, 15) is 4.79 Å². The van der Waals surface area contributed by atoms with Crippen molar-refractivity contribution in [3.05, 3.63) is 29.8 Å². The second kappa shape index (κ2) is 5.82. The Bertz CT molecular complexity index is 368. The molecule has 1 aliphatic rings. The van der Waals surface area contributed by atoms with Crippen molar-refractivity contribution >= 4 is 11.6 Å². The number of anilines is 1. The summed E-state index contributed by atoms with van der Waals surface area (Å²) in [6.07, 6.45) is 4.16. The van der Waals surface area contributed by atoms with E-state index in [1.54, 1.807) is 0 Å². The van der Waals surface area contributed by atoms with Crippen molar-refractivity contribution in [3.8, 4) is 0 Å². The van der Waals surface area contributed by atoms with Crippen LogP contribution in [0.5, 0.6) is 0 Å². The van der Waals surface area contributed by atoms with Gasteiger partial charge in [-0.1, -0.05) is 25.0 Å². The van der Waals surface area contributed by atoms with Gasteiger partial charge in [0.15, 0.2) is 0 Å². The Hall–Kier alpha value is -1.35. The van der Waals surface area contributed by atoms with E-state index in [-0.39, 0.29) is 5.91 Å². The van der Waals surface area contributed by atoms with E-state index in [4.69, 9.17) is 0 Å². The normalized spacial score (nSPS) is 14.6. The van der Waals surface area contributed by atoms with Gasteiger partial charge in [-0.15, -0.1) is 0 Å². The highest BCUT2D eigenvalue weighted by molar-refractivity contribution is 5.88. The van der Waals surface area contributed by atoms with Crippen LogP contribution in [0.1, 0.15) is 31.7 Å². The average Bonchev–Trinajstić information content (AvgIpc) is 3.10. The number of benzene rings is 1. The number of nitrogens with one attached hydrogen (secondary N) is 2. The second-order valence-corrected chi connectivity index (χ2v) is 4.79. The van der Waals surface area contributed by atoms with Gasteiger partial charge in [-0.2, -0.15) is 0 Å². The first-order valence-electron chi connectivity index (χ1n) is 6.31. The van der Waals surface area contributed by atoms with Crippen LogP contribution in [0.3, 0.4) is 0 Å². The van der Waals surface area contributed by atoms with E-state index in [0.29, 0.717) is 0 Å². The Morgan fingerprint density at radius 1 is 1.29 bits per heavy atom. The van der Waals surface area contributed by atoms with Crippen LogP contribution in [-0.2, 0) is 11.3 Å². The monoisotopic (exact) mass is 232 g/mol. The summed E-state index contributed by atoms with van der Waals surface area (Å²) in [7, 11) is 0. The van der Waals surface area contributed by atoms with Gasteiger partial charge < -0.3 is 10.6 Å². The number of carbonyl (C=O) groups is 1. The minimum atomic E-state index is -0.0275. The third-order valence-electron chi connectivity index (χ3n) is 3.03. The molecule has 17 heavy (non-hydrogen) atoms. The summed E-state index contributed by atoms with van der Waals surface area (Å²) >= 11 is 0. The lowest BCUT2D eigenvalue weighted by molar-refractivity contribution is -0.114. The first-order valence-corrected chi connectivity index (χ1v) is 6.31. The van der Waals surface area contributed by atoms with Gasteiger partial charge in [0.2, 0.25) is 5.91 Å². The topological polar surface area (TPSA) is 41.1 Å². The molecule has 0 heterocycles. The summed E-state index contributed by atoms with van der Waals surface area (Å²) in [6, 6.07) is 7.99. The molecule has 0 aliphatic heterocycles. The summed E-state index contributed by atoms with van der Waals surface area (Å²) in [6.45, 7) is 3.54. The van der Waals surface area contributed by atoms with E-state index in [0.717, 1.165) is 24.7 Å². The fourth-order valence-corrected chi connectivity index (χ4v) is 1.85. The predicted molar refractivity (Wildman–Crippen MR) is 69.8 cm³/mol. The van der Waals surface area contributed by atoms with Gasteiger partial charge in [0, 0.05) is 19.2 Å². The molecule has 0 radical (unpaired) electrons. The number of amides is 1. The molecule has 0 atom stereocenters. The van der Waals surface area contributed by atoms with Crippen LogP contribution in [0.15, 0.2) is 24.3 Å². The third-order valence-corrected chi connectivity index (χ3v) is 3.03. The Kier molecular flexibility index (Phi) is 4.15. The maximum Gasteiger partial charge on any atom is 0.221 e. The fraction of sp³-hybridized carbons (Fsp3) is 0.500. The van der Waals surface area contributed by atoms with E-state index in [2.05, 4.69) is 22.8 Å². The summed E-state index contributed by atoms with van der Waals surface area (Å²) in [5, 5.41) is 6.21. The lowest BCUT2D eigenvalue weighted by atomic mass is 10.2. The molecule has 0 aromatic heterocycles. The Balaban J connectivity index is 1.70. The van der Waals surface area contributed by atoms with Gasteiger partial charge >= 0.3 is 0 Å². The van der Waals surface area contributed by atoms with Gasteiger partial charge in [-0.3, -0.25) is 4.79 Å². The molecule has 1 aromatic rings. The van der Waals surface area contributed by atoms with Crippen LogP contribution in [0, 0.1) is 5.92 Å². The van der Waals surface area contributed by atoms with Crippen LogP contribution in [0.2, 0.25) is 0 Å². The van der Waals surface area contributed by atoms with E-state index in [1.165, 1.54) is 31.7 Å². The largest absolute Gasteiger partial charge is 0.326 e. The molecule has 0 unspecified atom stereocenters. The van der Waals surface area contributed by atoms with Crippen molar-refractivity contribution in [2.24, 2.45) is 5.92 Å². The van der Waals surface area contributed by atoms with Gasteiger partial charge in [0.05, 0.1) is 0 Å². The molecule has 3 nitrogen and oxygen atoms in total. The van der Waals surface area contributed by atoms with Crippen molar-refractivity contribution < 1.29 is 4.79 Å².